The molecule has 0 aromatic rings. The van der Waals surface area contributed by atoms with Gasteiger partial charge in [-0.2, -0.15) is 0 Å². The first kappa shape index (κ1) is 11.5. The number of likely N-dealkylation sites (N-methyl/N-ethyl adjacent to an activating group) is 1. The minimum Gasteiger partial charge on any atom is -0.355 e. The van der Waals surface area contributed by atoms with E-state index >= 15 is 0 Å². The van der Waals surface area contributed by atoms with Crippen molar-refractivity contribution in [3.8, 4) is 0 Å². The SMILES string of the molecule is CNCCNC(=O)[C@@H]1CCCC1NC. The van der Waals surface area contributed by atoms with Gasteiger partial charge in [-0.15, -0.1) is 0 Å². The van der Waals surface area contributed by atoms with Crippen molar-refractivity contribution >= 4 is 5.91 Å². The van der Waals surface area contributed by atoms with Crippen LogP contribution in [0.15, 0.2) is 0 Å². The standard InChI is InChI=1S/C10H21N3O/c1-11-6-7-13-10(14)8-4-3-5-9(8)12-2/h8-9,11-12H,3-7H2,1-2H3,(H,13,14)/t8-,9?/m1/s1. The molecule has 0 saturated heterocycles. The van der Waals surface area contributed by atoms with Crippen molar-refractivity contribution in [2.45, 2.75) is 25.3 Å². The molecule has 0 aliphatic heterocycles. The normalized spacial score (nSPS) is 26.4. The van der Waals surface area contributed by atoms with Crippen molar-refractivity contribution in [1.29, 1.82) is 0 Å². The van der Waals surface area contributed by atoms with Crippen molar-refractivity contribution < 1.29 is 4.79 Å². The van der Waals surface area contributed by atoms with Crippen molar-refractivity contribution in [2.75, 3.05) is 27.2 Å². The molecule has 0 bridgehead atoms. The second-order valence-corrected chi connectivity index (χ2v) is 3.83. The smallest absolute Gasteiger partial charge is 0.224 e. The number of rotatable bonds is 5. The van der Waals surface area contributed by atoms with Crippen LogP contribution in [-0.4, -0.2) is 39.1 Å². The third-order valence-corrected chi connectivity index (χ3v) is 2.90. The highest BCUT2D eigenvalue weighted by atomic mass is 16.1. The Kier molecular flexibility index (Phi) is 4.90. The first-order valence-electron chi connectivity index (χ1n) is 5.39. The highest BCUT2D eigenvalue weighted by Crippen LogP contribution is 2.25. The summed E-state index contributed by atoms with van der Waals surface area (Å²) >= 11 is 0. The molecule has 1 rings (SSSR count). The van der Waals surface area contributed by atoms with Crippen LogP contribution < -0.4 is 16.0 Å². The fraction of sp³-hybridized carbons (Fsp3) is 0.900. The summed E-state index contributed by atoms with van der Waals surface area (Å²) in [4.78, 5) is 11.7. The molecular weight excluding hydrogens is 178 g/mol. The Morgan fingerprint density at radius 2 is 2.07 bits per heavy atom. The molecule has 0 aromatic heterocycles. The zero-order valence-corrected chi connectivity index (χ0v) is 9.10. The molecule has 0 radical (unpaired) electrons. The van der Waals surface area contributed by atoms with Gasteiger partial charge in [-0.25, -0.2) is 0 Å². The maximum absolute atomic E-state index is 11.7. The van der Waals surface area contributed by atoms with Gasteiger partial charge >= 0.3 is 0 Å². The van der Waals surface area contributed by atoms with Crippen LogP contribution in [0.5, 0.6) is 0 Å². The number of carbonyl (C=O) groups is 1. The summed E-state index contributed by atoms with van der Waals surface area (Å²) in [6.45, 7) is 1.56. The lowest BCUT2D eigenvalue weighted by Gasteiger charge is -2.18. The van der Waals surface area contributed by atoms with Gasteiger partial charge in [0, 0.05) is 19.1 Å². The number of hydrogen-bond donors (Lipinski definition) is 3. The van der Waals surface area contributed by atoms with Crippen molar-refractivity contribution in [2.24, 2.45) is 5.92 Å². The largest absolute Gasteiger partial charge is 0.355 e. The van der Waals surface area contributed by atoms with E-state index in [2.05, 4.69) is 16.0 Å². The third kappa shape index (κ3) is 2.96. The molecule has 1 amide bonds. The van der Waals surface area contributed by atoms with E-state index in [0.717, 1.165) is 32.4 Å². The Morgan fingerprint density at radius 3 is 2.71 bits per heavy atom. The lowest BCUT2D eigenvalue weighted by Crippen LogP contribution is -2.41. The highest BCUT2D eigenvalue weighted by molar-refractivity contribution is 5.79. The monoisotopic (exact) mass is 199 g/mol. The molecule has 1 unspecified atom stereocenters. The van der Waals surface area contributed by atoms with Crippen LogP contribution in [0.1, 0.15) is 19.3 Å². The van der Waals surface area contributed by atoms with Gasteiger partial charge in [-0.05, 0) is 26.9 Å². The Balaban J connectivity index is 2.28. The Bertz CT molecular complexity index is 184. The van der Waals surface area contributed by atoms with Crippen molar-refractivity contribution in [3.63, 3.8) is 0 Å². The minimum absolute atomic E-state index is 0.178. The summed E-state index contributed by atoms with van der Waals surface area (Å²) in [5.41, 5.74) is 0. The van der Waals surface area contributed by atoms with E-state index in [4.69, 9.17) is 0 Å². The number of nitrogens with one attached hydrogen (secondary N) is 3. The lowest BCUT2D eigenvalue weighted by atomic mass is 10.0. The number of hydrogen-bond acceptors (Lipinski definition) is 3. The average molecular weight is 199 g/mol. The number of carbonyl (C=O) groups excluding carboxylic acids is 1. The summed E-state index contributed by atoms with van der Waals surface area (Å²) in [6.07, 6.45) is 3.31. The van der Waals surface area contributed by atoms with Gasteiger partial charge in [0.05, 0.1) is 5.92 Å². The fourth-order valence-corrected chi connectivity index (χ4v) is 2.06. The van der Waals surface area contributed by atoms with E-state index in [1.807, 2.05) is 14.1 Å². The molecule has 2 atom stereocenters. The molecule has 4 heteroatoms. The summed E-state index contributed by atoms with van der Waals surface area (Å²) in [5.74, 6) is 0.383. The molecule has 1 fully saturated rings. The van der Waals surface area contributed by atoms with E-state index < -0.39 is 0 Å². The van der Waals surface area contributed by atoms with E-state index in [0.29, 0.717) is 6.04 Å². The maximum Gasteiger partial charge on any atom is 0.224 e. The van der Waals surface area contributed by atoms with Crippen molar-refractivity contribution in [3.05, 3.63) is 0 Å². The van der Waals surface area contributed by atoms with E-state index in [1.54, 1.807) is 0 Å². The maximum atomic E-state index is 11.7. The molecule has 0 spiro atoms. The van der Waals surface area contributed by atoms with Crippen LogP contribution in [0.25, 0.3) is 0 Å². The van der Waals surface area contributed by atoms with E-state index in [-0.39, 0.29) is 11.8 Å². The van der Waals surface area contributed by atoms with Gasteiger partial charge < -0.3 is 16.0 Å². The van der Waals surface area contributed by atoms with Crippen LogP contribution >= 0.6 is 0 Å². The van der Waals surface area contributed by atoms with Gasteiger partial charge in [0.25, 0.3) is 0 Å². The highest BCUT2D eigenvalue weighted by Gasteiger charge is 2.31. The first-order chi connectivity index (χ1) is 6.79. The molecule has 1 aliphatic carbocycles. The molecule has 3 N–H and O–H groups in total. The first-order valence-corrected chi connectivity index (χ1v) is 5.39. The quantitative estimate of drug-likeness (QED) is 0.533. The molecule has 14 heavy (non-hydrogen) atoms. The van der Waals surface area contributed by atoms with Gasteiger partial charge in [-0.3, -0.25) is 4.79 Å². The zero-order valence-electron chi connectivity index (χ0n) is 9.10. The fourth-order valence-electron chi connectivity index (χ4n) is 2.06. The van der Waals surface area contributed by atoms with Gasteiger partial charge in [0.2, 0.25) is 5.91 Å². The molecule has 1 saturated carbocycles. The predicted octanol–water partition coefficient (Wildman–Crippen LogP) is -0.290. The summed E-state index contributed by atoms with van der Waals surface area (Å²) in [6, 6.07) is 0.379. The van der Waals surface area contributed by atoms with E-state index in [1.165, 1.54) is 0 Å². The molecular formula is C10H21N3O. The molecule has 82 valence electrons. The van der Waals surface area contributed by atoms with Gasteiger partial charge in [0.15, 0.2) is 0 Å². The summed E-state index contributed by atoms with van der Waals surface area (Å²) in [7, 11) is 3.82. The minimum atomic E-state index is 0.178. The summed E-state index contributed by atoms with van der Waals surface area (Å²) in [5, 5.41) is 9.17. The zero-order chi connectivity index (χ0) is 10.4. The number of amides is 1. The topological polar surface area (TPSA) is 53.2 Å². The van der Waals surface area contributed by atoms with Crippen LogP contribution in [0, 0.1) is 5.92 Å². The van der Waals surface area contributed by atoms with Crippen LogP contribution in [0.2, 0.25) is 0 Å². The van der Waals surface area contributed by atoms with Crippen LogP contribution in [-0.2, 0) is 4.79 Å². The molecule has 0 aromatic carbocycles. The Morgan fingerprint density at radius 1 is 1.29 bits per heavy atom. The summed E-state index contributed by atoms with van der Waals surface area (Å²) < 4.78 is 0. The third-order valence-electron chi connectivity index (χ3n) is 2.90. The van der Waals surface area contributed by atoms with Crippen molar-refractivity contribution in [1.82, 2.24) is 16.0 Å². The van der Waals surface area contributed by atoms with Crippen LogP contribution in [0.3, 0.4) is 0 Å². The predicted molar refractivity (Wildman–Crippen MR) is 57.1 cm³/mol. The van der Waals surface area contributed by atoms with E-state index in [9.17, 15) is 4.79 Å². The van der Waals surface area contributed by atoms with Gasteiger partial charge in [-0.1, -0.05) is 6.42 Å². The Hall–Kier alpha value is -0.610. The van der Waals surface area contributed by atoms with Crippen LogP contribution in [0.4, 0.5) is 0 Å². The van der Waals surface area contributed by atoms with Gasteiger partial charge in [0.1, 0.15) is 0 Å². The molecule has 0 heterocycles. The molecule has 4 nitrogen and oxygen atoms in total. The second-order valence-electron chi connectivity index (χ2n) is 3.83. The average Bonchev–Trinajstić information content (AvgIpc) is 2.65. The lowest BCUT2D eigenvalue weighted by molar-refractivity contribution is -0.125. The Labute approximate surface area is 85.8 Å². The second kappa shape index (κ2) is 5.98. The molecule has 1 aliphatic rings.